The highest BCUT2D eigenvalue weighted by Crippen LogP contribution is 2.18. The summed E-state index contributed by atoms with van der Waals surface area (Å²) in [5.74, 6) is 1.01. The van der Waals surface area contributed by atoms with Crippen LogP contribution in [0.2, 0.25) is 0 Å². The van der Waals surface area contributed by atoms with E-state index in [1.54, 1.807) is 6.92 Å². The highest BCUT2D eigenvalue weighted by atomic mass is 16.6. The largest absolute Gasteiger partial charge is 0.444 e. The highest BCUT2D eigenvalue weighted by molar-refractivity contribution is 5.67. The van der Waals surface area contributed by atoms with Gasteiger partial charge in [-0.25, -0.2) is 4.79 Å². The van der Waals surface area contributed by atoms with Gasteiger partial charge in [-0.05, 0) is 38.5 Å². The summed E-state index contributed by atoms with van der Waals surface area (Å²) in [5.41, 5.74) is 1.31. The smallest absolute Gasteiger partial charge is 0.407 e. The van der Waals surface area contributed by atoms with Gasteiger partial charge in [-0.2, -0.15) is 0 Å². The summed E-state index contributed by atoms with van der Waals surface area (Å²) in [6.07, 6.45) is -0.431. The number of carbonyl (C=O) groups excluding carboxylic acids is 1. The monoisotopic (exact) mass is 289 g/mol. The van der Waals surface area contributed by atoms with Crippen LogP contribution >= 0.6 is 0 Å². The lowest BCUT2D eigenvalue weighted by molar-refractivity contribution is 0.0523. The minimum absolute atomic E-state index is 0.401. The number of aromatic nitrogens is 2. The number of rotatable bonds is 3. The molecule has 2 rings (SSSR count). The van der Waals surface area contributed by atoms with E-state index in [0.717, 1.165) is 11.1 Å². The molecule has 0 unspecified atom stereocenters. The fourth-order valence-electron chi connectivity index (χ4n) is 1.67. The Bertz CT molecular complexity index is 612. The van der Waals surface area contributed by atoms with E-state index in [1.165, 1.54) is 0 Å². The van der Waals surface area contributed by atoms with Gasteiger partial charge >= 0.3 is 6.09 Å². The number of hydrogen-bond acceptors (Lipinski definition) is 5. The van der Waals surface area contributed by atoms with Crippen molar-refractivity contribution in [2.45, 2.75) is 39.8 Å². The molecule has 0 bridgehead atoms. The predicted molar refractivity (Wildman–Crippen MR) is 77.5 cm³/mol. The maximum atomic E-state index is 11.6. The van der Waals surface area contributed by atoms with E-state index >= 15 is 0 Å². The molecule has 0 saturated heterocycles. The van der Waals surface area contributed by atoms with E-state index in [0.29, 0.717) is 18.3 Å². The fraction of sp³-hybridized carbons (Fsp3) is 0.400. The molecule has 0 atom stereocenters. The third kappa shape index (κ3) is 4.59. The van der Waals surface area contributed by atoms with E-state index in [9.17, 15) is 4.79 Å². The summed E-state index contributed by atoms with van der Waals surface area (Å²) in [4.78, 5) is 11.6. The molecule has 0 spiro atoms. The summed E-state index contributed by atoms with van der Waals surface area (Å²) in [6.45, 7) is 7.63. The van der Waals surface area contributed by atoms with Gasteiger partial charge in [0, 0.05) is 19.0 Å². The second-order valence-electron chi connectivity index (χ2n) is 5.68. The van der Waals surface area contributed by atoms with Gasteiger partial charge in [-0.3, -0.25) is 0 Å². The van der Waals surface area contributed by atoms with Crippen LogP contribution in [0.1, 0.15) is 32.2 Å². The lowest BCUT2D eigenvalue weighted by atomic mass is 10.1. The molecule has 0 aliphatic heterocycles. The summed E-state index contributed by atoms with van der Waals surface area (Å²) in [6, 6.07) is 7.54. The zero-order chi connectivity index (χ0) is 15.5. The minimum atomic E-state index is -0.496. The normalized spacial score (nSPS) is 11.2. The second-order valence-corrected chi connectivity index (χ2v) is 5.68. The molecular formula is C15H19N3O3. The van der Waals surface area contributed by atoms with Crippen LogP contribution in [0.15, 0.2) is 28.7 Å². The summed E-state index contributed by atoms with van der Waals surface area (Å²) < 4.78 is 10.5. The van der Waals surface area contributed by atoms with Gasteiger partial charge in [-0.1, -0.05) is 12.1 Å². The van der Waals surface area contributed by atoms with E-state index in [1.807, 2.05) is 45.0 Å². The average Bonchev–Trinajstić information content (AvgIpc) is 2.82. The highest BCUT2D eigenvalue weighted by Gasteiger charge is 2.15. The van der Waals surface area contributed by atoms with Crippen molar-refractivity contribution < 1.29 is 13.9 Å². The van der Waals surface area contributed by atoms with Gasteiger partial charge < -0.3 is 14.5 Å². The van der Waals surface area contributed by atoms with E-state index in [2.05, 4.69) is 15.5 Å². The molecule has 0 aliphatic carbocycles. The van der Waals surface area contributed by atoms with Crippen molar-refractivity contribution in [1.29, 1.82) is 0 Å². The van der Waals surface area contributed by atoms with Crippen LogP contribution in [0, 0.1) is 6.92 Å². The molecule has 21 heavy (non-hydrogen) atoms. The van der Waals surface area contributed by atoms with Gasteiger partial charge in [0.1, 0.15) is 5.60 Å². The van der Waals surface area contributed by atoms with Crippen LogP contribution < -0.4 is 5.32 Å². The molecule has 0 fully saturated rings. The van der Waals surface area contributed by atoms with Crippen molar-refractivity contribution in [2.24, 2.45) is 0 Å². The first-order chi connectivity index (χ1) is 9.83. The van der Waals surface area contributed by atoms with Gasteiger partial charge in [0.2, 0.25) is 11.8 Å². The molecule has 0 aliphatic rings. The lowest BCUT2D eigenvalue weighted by Crippen LogP contribution is -2.32. The van der Waals surface area contributed by atoms with Crippen molar-refractivity contribution in [3.63, 3.8) is 0 Å². The first-order valence-electron chi connectivity index (χ1n) is 6.70. The Kier molecular flexibility index (Phi) is 4.26. The van der Waals surface area contributed by atoms with Crippen LogP contribution in [0.3, 0.4) is 0 Å². The molecule has 1 heterocycles. The second kappa shape index (κ2) is 5.95. The minimum Gasteiger partial charge on any atom is -0.444 e. The van der Waals surface area contributed by atoms with Crippen molar-refractivity contribution >= 4 is 6.09 Å². The van der Waals surface area contributed by atoms with E-state index in [-0.39, 0.29) is 0 Å². The van der Waals surface area contributed by atoms with Crippen molar-refractivity contribution in [2.75, 3.05) is 0 Å². The molecule has 112 valence electrons. The quantitative estimate of drug-likeness (QED) is 0.939. The van der Waals surface area contributed by atoms with Crippen molar-refractivity contribution in [1.82, 2.24) is 15.5 Å². The molecule has 1 N–H and O–H groups in total. The maximum Gasteiger partial charge on any atom is 0.407 e. The van der Waals surface area contributed by atoms with Crippen LogP contribution in [0.5, 0.6) is 0 Å². The summed E-state index contributed by atoms with van der Waals surface area (Å²) in [5, 5.41) is 10.4. The Labute approximate surface area is 123 Å². The third-order valence-electron chi connectivity index (χ3n) is 2.56. The number of alkyl carbamates (subject to hydrolysis) is 1. The lowest BCUT2D eigenvalue weighted by Gasteiger charge is -2.19. The van der Waals surface area contributed by atoms with E-state index < -0.39 is 11.7 Å². The molecule has 1 amide bonds. The summed E-state index contributed by atoms with van der Waals surface area (Å²) in [7, 11) is 0. The Morgan fingerprint density at radius 2 is 1.90 bits per heavy atom. The zero-order valence-corrected chi connectivity index (χ0v) is 12.6. The number of hydrogen-bond donors (Lipinski definition) is 1. The first-order valence-corrected chi connectivity index (χ1v) is 6.70. The number of ether oxygens (including phenoxy) is 1. The SMILES string of the molecule is Cc1nnc(-c2ccc(CNC(=O)OC(C)(C)C)cc2)o1. The molecule has 6 nitrogen and oxygen atoms in total. The average molecular weight is 289 g/mol. The van der Waals surface area contributed by atoms with Crippen LogP contribution in [0.25, 0.3) is 11.5 Å². The molecule has 1 aromatic heterocycles. The molecular weight excluding hydrogens is 270 g/mol. The molecule has 1 aromatic carbocycles. The standard InChI is InChI=1S/C15H19N3O3/c1-10-17-18-13(20-10)12-7-5-11(6-8-12)9-16-14(19)21-15(2,3)4/h5-8H,9H2,1-4H3,(H,16,19). The van der Waals surface area contributed by atoms with Crippen LogP contribution in [-0.2, 0) is 11.3 Å². The Hall–Kier alpha value is -2.37. The first kappa shape index (κ1) is 15.0. The van der Waals surface area contributed by atoms with Gasteiger partial charge in [0.15, 0.2) is 0 Å². The van der Waals surface area contributed by atoms with Crippen molar-refractivity contribution in [3.05, 3.63) is 35.7 Å². The maximum absolute atomic E-state index is 11.6. The number of nitrogens with one attached hydrogen (secondary N) is 1. The topological polar surface area (TPSA) is 77.2 Å². The molecule has 0 radical (unpaired) electrons. The van der Waals surface area contributed by atoms with E-state index in [4.69, 9.17) is 9.15 Å². The summed E-state index contributed by atoms with van der Waals surface area (Å²) >= 11 is 0. The van der Waals surface area contributed by atoms with Gasteiger partial charge in [0.25, 0.3) is 0 Å². The number of benzene rings is 1. The van der Waals surface area contributed by atoms with Gasteiger partial charge in [-0.15, -0.1) is 10.2 Å². The molecule has 6 heteroatoms. The number of aryl methyl sites for hydroxylation is 1. The number of nitrogens with zero attached hydrogens (tertiary/aromatic N) is 2. The third-order valence-corrected chi connectivity index (χ3v) is 2.56. The zero-order valence-electron chi connectivity index (χ0n) is 12.6. The van der Waals surface area contributed by atoms with Crippen molar-refractivity contribution in [3.8, 4) is 11.5 Å². The van der Waals surface area contributed by atoms with Crippen LogP contribution in [0.4, 0.5) is 4.79 Å². The Balaban J connectivity index is 1.92. The number of carbonyl (C=O) groups is 1. The molecule has 0 saturated carbocycles. The Morgan fingerprint density at radius 1 is 1.24 bits per heavy atom. The Morgan fingerprint density at radius 3 is 2.43 bits per heavy atom. The molecule has 2 aromatic rings. The predicted octanol–water partition coefficient (Wildman–Crippen LogP) is 3.07. The fourth-order valence-corrected chi connectivity index (χ4v) is 1.67. The van der Waals surface area contributed by atoms with Gasteiger partial charge in [0.05, 0.1) is 0 Å². The number of amides is 1. The van der Waals surface area contributed by atoms with Crippen LogP contribution in [-0.4, -0.2) is 21.9 Å².